The molecule has 2 rings (SSSR count). The predicted molar refractivity (Wildman–Crippen MR) is 130 cm³/mol. The summed E-state index contributed by atoms with van der Waals surface area (Å²) in [7, 11) is 1.34. The number of pyridine rings is 1. The number of aliphatic hydroxyl groups is 1. The van der Waals surface area contributed by atoms with E-state index in [1.807, 2.05) is 58.0 Å². The van der Waals surface area contributed by atoms with Crippen LogP contribution >= 0.6 is 0 Å². The number of aryl methyl sites for hydroxylation is 1. The summed E-state index contributed by atoms with van der Waals surface area (Å²) in [6.07, 6.45) is 3.14. The van der Waals surface area contributed by atoms with Crippen molar-refractivity contribution in [3.05, 3.63) is 59.4 Å². The van der Waals surface area contributed by atoms with Gasteiger partial charge in [-0.25, -0.2) is 9.78 Å². The maximum absolute atomic E-state index is 11.4. The van der Waals surface area contributed by atoms with Crippen molar-refractivity contribution in [3.8, 4) is 5.75 Å². The molecule has 0 radical (unpaired) electrons. The largest absolute Gasteiger partial charge is 0.487 e. The molecule has 176 valence electrons. The molecule has 1 N–H and O–H groups in total. The smallest absolute Gasteiger partial charge is 0.356 e. The Hall–Kier alpha value is -2.40. The number of carbonyl (C=O) groups is 1. The molecule has 0 aliphatic rings. The van der Waals surface area contributed by atoms with Crippen LogP contribution in [0, 0.1) is 5.92 Å². The van der Waals surface area contributed by atoms with Crippen molar-refractivity contribution < 1.29 is 19.4 Å². The van der Waals surface area contributed by atoms with Crippen LogP contribution in [0.3, 0.4) is 0 Å². The van der Waals surface area contributed by atoms with Gasteiger partial charge in [0.05, 0.1) is 12.8 Å². The van der Waals surface area contributed by atoms with Gasteiger partial charge in [0.1, 0.15) is 18.1 Å². The average Bonchev–Trinajstić information content (AvgIpc) is 2.85. The summed E-state index contributed by atoms with van der Waals surface area (Å²) in [6, 6.07) is 13.1. The van der Waals surface area contributed by atoms with E-state index in [1.165, 1.54) is 19.1 Å². The Labute approximate surface area is 189 Å². The van der Waals surface area contributed by atoms with Crippen LogP contribution in [0.15, 0.2) is 42.5 Å². The fraction of sp³-hybridized carbons (Fsp3) is 0.538. The Morgan fingerprint density at radius 2 is 1.65 bits per heavy atom. The summed E-state index contributed by atoms with van der Waals surface area (Å²) in [4.78, 5) is 15.6. The van der Waals surface area contributed by atoms with E-state index in [-0.39, 0.29) is 5.69 Å². The maximum atomic E-state index is 11.4. The molecule has 1 atom stereocenters. The van der Waals surface area contributed by atoms with E-state index in [0.29, 0.717) is 24.8 Å². The Morgan fingerprint density at radius 3 is 2.10 bits per heavy atom. The summed E-state index contributed by atoms with van der Waals surface area (Å²) in [5, 5.41) is 8.37. The second-order valence-corrected chi connectivity index (χ2v) is 6.32. The van der Waals surface area contributed by atoms with Crippen molar-refractivity contribution in [2.75, 3.05) is 13.7 Å². The van der Waals surface area contributed by atoms with Crippen LogP contribution in [0.4, 0.5) is 0 Å². The number of esters is 1. The van der Waals surface area contributed by atoms with Crippen LogP contribution in [-0.4, -0.2) is 29.8 Å². The third-order valence-corrected chi connectivity index (χ3v) is 4.24. The number of rotatable bonds is 8. The van der Waals surface area contributed by atoms with Gasteiger partial charge in [-0.3, -0.25) is 0 Å². The molecule has 1 aromatic heterocycles. The summed E-state index contributed by atoms with van der Waals surface area (Å²) in [6.45, 7) is 15.1. The Balaban J connectivity index is 0. The zero-order chi connectivity index (χ0) is 24.1. The summed E-state index contributed by atoms with van der Waals surface area (Å²) >= 11 is 0. The highest BCUT2D eigenvalue weighted by molar-refractivity contribution is 5.87. The van der Waals surface area contributed by atoms with Crippen LogP contribution in [0.25, 0.3) is 0 Å². The lowest BCUT2D eigenvalue weighted by atomic mass is 10.1. The van der Waals surface area contributed by atoms with Crippen molar-refractivity contribution in [2.24, 2.45) is 5.92 Å². The number of aromatic nitrogens is 1. The van der Waals surface area contributed by atoms with Gasteiger partial charge < -0.3 is 14.6 Å². The van der Waals surface area contributed by atoms with Crippen molar-refractivity contribution in [2.45, 2.75) is 74.3 Å². The molecule has 5 nitrogen and oxygen atoms in total. The minimum absolute atomic E-state index is 0.287. The average molecular weight is 434 g/mol. The first-order valence-corrected chi connectivity index (χ1v) is 11.4. The standard InChI is InChI=1S/C16H17NO3.C6H14O.2C2H6/c1-3-12-7-9-14(10-8-12)20-11-13-5-4-6-15(17-13)16(18)19-2;1-3-6(2)4-5-7;2*1-2/h4-10H,3,11H2,1-2H3;6-7H,3-5H2,1-2H3;2*1-2H3. The van der Waals surface area contributed by atoms with E-state index in [0.717, 1.165) is 18.6 Å². The normalized spacial score (nSPS) is 10.1. The highest BCUT2D eigenvalue weighted by Crippen LogP contribution is 2.14. The SMILES string of the molecule is CC.CC.CCC(C)CCO.CCc1ccc(OCc2cccc(C(=O)OC)n2)cc1. The van der Waals surface area contributed by atoms with Crippen LogP contribution in [0.5, 0.6) is 5.75 Å². The molecule has 0 aliphatic heterocycles. The lowest BCUT2D eigenvalue weighted by Crippen LogP contribution is -2.07. The van der Waals surface area contributed by atoms with Gasteiger partial charge in [-0.1, -0.05) is 73.1 Å². The number of hydrogen-bond acceptors (Lipinski definition) is 5. The van der Waals surface area contributed by atoms with Gasteiger partial charge >= 0.3 is 5.97 Å². The fourth-order valence-corrected chi connectivity index (χ4v) is 2.18. The number of methoxy groups -OCH3 is 1. The van der Waals surface area contributed by atoms with Crippen LogP contribution in [0.1, 0.15) is 83.1 Å². The molecule has 1 unspecified atom stereocenters. The maximum Gasteiger partial charge on any atom is 0.356 e. The lowest BCUT2D eigenvalue weighted by Gasteiger charge is -2.07. The van der Waals surface area contributed by atoms with Crippen LogP contribution in [0.2, 0.25) is 0 Å². The highest BCUT2D eigenvalue weighted by Gasteiger charge is 2.07. The lowest BCUT2D eigenvalue weighted by molar-refractivity contribution is 0.0593. The first-order valence-electron chi connectivity index (χ1n) is 11.4. The molecule has 0 fully saturated rings. The molecule has 0 amide bonds. The number of hydrogen-bond donors (Lipinski definition) is 1. The molecular weight excluding hydrogens is 390 g/mol. The number of nitrogens with zero attached hydrogens (tertiary/aromatic N) is 1. The van der Waals surface area contributed by atoms with Crippen LogP contribution < -0.4 is 4.74 Å². The van der Waals surface area contributed by atoms with Crippen molar-refractivity contribution in [1.82, 2.24) is 4.98 Å². The predicted octanol–water partition coefficient (Wildman–Crippen LogP) is 6.48. The molecule has 0 aliphatic carbocycles. The van der Waals surface area contributed by atoms with Gasteiger partial charge in [0.2, 0.25) is 0 Å². The fourth-order valence-electron chi connectivity index (χ4n) is 2.18. The van der Waals surface area contributed by atoms with Crippen LogP contribution in [-0.2, 0) is 17.8 Å². The first kappa shape index (κ1) is 30.8. The quantitative estimate of drug-likeness (QED) is 0.483. The number of carbonyl (C=O) groups excluding carboxylic acids is 1. The molecule has 0 saturated carbocycles. The summed E-state index contributed by atoms with van der Waals surface area (Å²) in [5.41, 5.74) is 2.24. The van der Waals surface area contributed by atoms with Crippen molar-refractivity contribution in [3.63, 3.8) is 0 Å². The van der Waals surface area contributed by atoms with Crippen molar-refractivity contribution >= 4 is 5.97 Å². The Kier molecular flexibility index (Phi) is 20.7. The van der Waals surface area contributed by atoms with Gasteiger partial charge in [-0.05, 0) is 48.6 Å². The second-order valence-electron chi connectivity index (χ2n) is 6.32. The highest BCUT2D eigenvalue weighted by atomic mass is 16.5. The number of ether oxygens (including phenoxy) is 2. The van der Waals surface area contributed by atoms with E-state index in [4.69, 9.17) is 9.84 Å². The third kappa shape index (κ3) is 14.3. The molecule has 2 aromatic rings. The van der Waals surface area contributed by atoms with E-state index in [9.17, 15) is 4.79 Å². The zero-order valence-electron chi connectivity index (χ0n) is 20.8. The minimum atomic E-state index is -0.445. The van der Waals surface area contributed by atoms with Crippen molar-refractivity contribution in [1.29, 1.82) is 0 Å². The third-order valence-electron chi connectivity index (χ3n) is 4.24. The second kappa shape index (κ2) is 20.9. The van der Waals surface area contributed by atoms with E-state index in [2.05, 4.69) is 30.5 Å². The van der Waals surface area contributed by atoms with Gasteiger partial charge in [0.15, 0.2) is 0 Å². The zero-order valence-corrected chi connectivity index (χ0v) is 20.8. The van der Waals surface area contributed by atoms with E-state index < -0.39 is 5.97 Å². The molecular formula is C26H43NO4. The monoisotopic (exact) mass is 433 g/mol. The van der Waals surface area contributed by atoms with Gasteiger partial charge in [-0.15, -0.1) is 0 Å². The molecule has 0 bridgehead atoms. The molecule has 0 spiro atoms. The number of aliphatic hydroxyl groups excluding tert-OH is 1. The molecule has 1 aromatic carbocycles. The molecule has 1 heterocycles. The minimum Gasteiger partial charge on any atom is -0.487 e. The molecule has 0 saturated heterocycles. The van der Waals surface area contributed by atoms with Gasteiger partial charge in [0.25, 0.3) is 0 Å². The molecule has 31 heavy (non-hydrogen) atoms. The Bertz CT molecular complexity index is 671. The summed E-state index contributed by atoms with van der Waals surface area (Å²) in [5.74, 6) is 1.04. The van der Waals surface area contributed by atoms with Gasteiger partial charge in [-0.2, -0.15) is 0 Å². The Morgan fingerprint density at radius 1 is 1.03 bits per heavy atom. The topological polar surface area (TPSA) is 68.7 Å². The van der Waals surface area contributed by atoms with E-state index >= 15 is 0 Å². The first-order chi connectivity index (χ1) is 15.0. The van der Waals surface area contributed by atoms with E-state index in [1.54, 1.807) is 12.1 Å². The van der Waals surface area contributed by atoms with Gasteiger partial charge in [0, 0.05) is 6.61 Å². The summed E-state index contributed by atoms with van der Waals surface area (Å²) < 4.78 is 10.3. The number of benzene rings is 1. The molecule has 5 heteroatoms.